The van der Waals surface area contributed by atoms with Crippen LogP contribution in [0.2, 0.25) is 0 Å². The van der Waals surface area contributed by atoms with Gasteiger partial charge in [-0.2, -0.15) is 0 Å². The molecule has 1 aliphatic heterocycles. The van der Waals surface area contributed by atoms with Gasteiger partial charge in [-0.1, -0.05) is 169 Å². The van der Waals surface area contributed by atoms with Crippen LogP contribution in [-0.4, -0.2) is 16.2 Å². The number of pyridine rings is 1. The van der Waals surface area contributed by atoms with E-state index < -0.39 is 0 Å². The van der Waals surface area contributed by atoms with Gasteiger partial charge in [0.2, 0.25) is 0 Å². The molecule has 9 rings (SSSR count). The van der Waals surface area contributed by atoms with Gasteiger partial charge in [0, 0.05) is 63.7 Å². The average molecular weight is 885 g/mol. The summed E-state index contributed by atoms with van der Waals surface area (Å²) in [4.78, 5) is 9.70. The summed E-state index contributed by atoms with van der Waals surface area (Å²) in [7, 11) is 0. The Morgan fingerprint density at radius 1 is 0.403 bits per heavy atom. The molecule has 3 heterocycles. The number of ether oxygens (including phenoxy) is 1. The Morgan fingerprint density at radius 2 is 0.896 bits per heavy atom. The molecule has 67 heavy (non-hydrogen) atoms. The van der Waals surface area contributed by atoms with Gasteiger partial charge >= 0.3 is 0 Å². The number of hydrogen-bond donors (Lipinski definition) is 0. The van der Waals surface area contributed by atoms with Gasteiger partial charge in [0.15, 0.2) is 0 Å². The normalized spacial score (nSPS) is 13.9. The Kier molecular flexibility index (Phi) is 11.3. The molecule has 2 aromatic heterocycles. The van der Waals surface area contributed by atoms with Crippen LogP contribution in [0.15, 0.2) is 164 Å². The Labute approximate surface area is 399 Å². The summed E-state index contributed by atoms with van der Waals surface area (Å²) in [5, 5.41) is 2.37. The van der Waals surface area contributed by atoms with Crippen molar-refractivity contribution in [2.45, 2.75) is 117 Å². The van der Waals surface area contributed by atoms with Crippen molar-refractivity contribution in [3.63, 3.8) is 0 Å². The maximum Gasteiger partial charge on any atom is 0.137 e. The Balaban J connectivity index is 1.09. The summed E-state index contributed by atoms with van der Waals surface area (Å²) in [6, 6.07) is 53.5. The van der Waals surface area contributed by atoms with Crippen LogP contribution in [0, 0.1) is 0 Å². The van der Waals surface area contributed by atoms with Crippen molar-refractivity contribution in [2.24, 2.45) is 0 Å². The Morgan fingerprint density at radius 3 is 1.45 bits per heavy atom. The predicted molar refractivity (Wildman–Crippen MR) is 284 cm³/mol. The summed E-state index contributed by atoms with van der Waals surface area (Å²) in [5.41, 5.74) is 12.8. The Hall–Kier alpha value is -6.59. The fourth-order valence-corrected chi connectivity index (χ4v) is 9.46. The lowest BCUT2D eigenvalue weighted by Gasteiger charge is -2.33. The highest BCUT2D eigenvalue weighted by Gasteiger charge is 2.31. The highest BCUT2D eigenvalue weighted by atomic mass is 16.5. The van der Waals surface area contributed by atoms with Gasteiger partial charge in [0.05, 0.1) is 17.7 Å². The molecule has 8 aromatic rings. The molecule has 1 aliphatic rings. The van der Waals surface area contributed by atoms with Crippen LogP contribution in [-0.2, 0) is 27.1 Å². The lowest BCUT2D eigenvalue weighted by Crippen LogP contribution is -2.27. The monoisotopic (exact) mass is 885 g/mol. The molecule has 5 heteroatoms. The molecule has 0 saturated heterocycles. The van der Waals surface area contributed by atoms with Crippen molar-refractivity contribution in [3.05, 3.63) is 203 Å². The number of nitrogens with zero attached hydrogens (tertiary/aromatic N) is 4. The zero-order chi connectivity index (χ0) is 47.7. The third-order valence-electron chi connectivity index (χ3n) is 14.2. The van der Waals surface area contributed by atoms with Crippen LogP contribution >= 0.6 is 0 Å². The standard InChI is InChI=1S/C62H68N4O/c1-58(2,3)44-24-26-53-54-27-25-51(40-56(54)66(55(53)37-44)57-38-45(28-29-63-57)59(4,5)6)67-52-36-46(60(7,8)9)33-50(39-52)65-31-30-64(41-65)49-34-47(61(10,11)42-20-16-14-17-21-42)32-48(35-49)62(12,13)43-22-18-15-19-23-43/h14-40H,41H2,1-13H3. The highest BCUT2D eigenvalue weighted by Crippen LogP contribution is 2.43. The number of anilines is 2. The molecular weight excluding hydrogens is 817 g/mol. The van der Waals surface area contributed by atoms with Gasteiger partial charge in [0.1, 0.15) is 17.3 Å². The summed E-state index contributed by atoms with van der Waals surface area (Å²) in [5.74, 6) is 2.49. The van der Waals surface area contributed by atoms with Gasteiger partial charge in [-0.3, -0.25) is 4.57 Å². The van der Waals surface area contributed by atoms with E-state index in [0.29, 0.717) is 6.67 Å². The SMILES string of the molecule is CC(C)(C)c1cc(Oc2ccc3c4ccc(C(C)(C)C)cc4n(-c4cc(C(C)(C)C)ccn4)c3c2)cc(N2C=CN(c3cc(C(C)(C)c4ccccc4)cc(C(C)(C)c4ccccc4)c3)C2)c1. The number of rotatable bonds is 9. The van der Waals surface area contributed by atoms with E-state index in [1.54, 1.807) is 0 Å². The molecule has 0 fully saturated rings. The van der Waals surface area contributed by atoms with Gasteiger partial charge in [-0.05, 0) is 110 Å². The number of benzene rings is 6. The van der Waals surface area contributed by atoms with Crippen molar-refractivity contribution < 1.29 is 4.74 Å². The summed E-state index contributed by atoms with van der Waals surface area (Å²) >= 11 is 0. The summed E-state index contributed by atoms with van der Waals surface area (Å²) in [6.45, 7) is 30.4. The highest BCUT2D eigenvalue weighted by molar-refractivity contribution is 6.09. The fraction of sp³-hybridized carbons (Fsp3) is 0.306. The number of hydrogen-bond acceptors (Lipinski definition) is 4. The minimum atomic E-state index is -0.213. The largest absolute Gasteiger partial charge is 0.457 e. The lowest BCUT2D eigenvalue weighted by atomic mass is 9.73. The molecular formula is C62H68N4O. The van der Waals surface area contributed by atoms with Crippen molar-refractivity contribution in [1.29, 1.82) is 0 Å². The first-order chi connectivity index (χ1) is 31.6. The zero-order valence-electron chi connectivity index (χ0n) is 42.0. The lowest BCUT2D eigenvalue weighted by molar-refractivity contribution is 0.479. The summed E-state index contributed by atoms with van der Waals surface area (Å²) < 4.78 is 9.29. The van der Waals surface area contributed by atoms with Crippen LogP contribution in [0.5, 0.6) is 11.5 Å². The van der Waals surface area contributed by atoms with E-state index in [2.05, 4.69) is 262 Å². The minimum Gasteiger partial charge on any atom is -0.457 e. The first kappa shape index (κ1) is 45.6. The van der Waals surface area contributed by atoms with E-state index in [1.165, 1.54) is 55.4 Å². The summed E-state index contributed by atoms with van der Waals surface area (Å²) in [6.07, 6.45) is 6.37. The molecule has 0 unspecified atom stereocenters. The maximum atomic E-state index is 6.97. The second kappa shape index (κ2) is 16.6. The molecule has 0 bridgehead atoms. The van der Waals surface area contributed by atoms with E-state index in [4.69, 9.17) is 9.72 Å². The topological polar surface area (TPSA) is 33.5 Å². The molecule has 6 aromatic carbocycles. The Bertz CT molecular complexity index is 3060. The molecule has 342 valence electrons. The number of aromatic nitrogens is 2. The third kappa shape index (κ3) is 8.89. The van der Waals surface area contributed by atoms with E-state index in [9.17, 15) is 0 Å². The molecule has 0 aliphatic carbocycles. The van der Waals surface area contributed by atoms with Crippen LogP contribution in [0.1, 0.15) is 129 Å². The molecule has 5 nitrogen and oxygen atoms in total. The van der Waals surface area contributed by atoms with Crippen molar-refractivity contribution in [2.75, 3.05) is 16.5 Å². The maximum absolute atomic E-state index is 6.97. The van der Waals surface area contributed by atoms with E-state index >= 15 is 0 Å². The molecule has 0 atom stereocenters. The predicted octanol–water partition coefficient (Wildman–Crippen LogP) is 16.3. The molecule has 0 radical (unpaired) electrons. The zero-order valence-corrected chi connectivity index (χ0v) is 42.0. The van der Waals surface area contributed by atoms with Crippen molar-refractivity contribution in [1.82, 2.24) is 9.55 Å². The van der Waals surface area contributed by atoms with E-state index in [0.717, 1.165) is 34.0 Å². The third-order valence-corrected chi connectivity index (χ3v) is 14.2. The first-order valence-corrected chi connectivity index (χ1v) is 24.0. The minimum absolute atomic E-state index is 0.00663. The van der Waals surface area contributed by atoms with Crippen LogP contribution in [0.4, 0.5) is 11.4 Å². The second-order valence-electron chi connectivity index (χ2n) is 22.8. The molecule has 0 N–H and O–H groups in total. The first-order valence-electron chi connectivity index (χ1n) is 24.0. The molecule has 0 amide bonds. The van der Waals surface area contributed by atoms with Crippen molar-refractivity contribution in [3.8, 4) is 17.3 Å². The van der Waals surface area contributed by atoms with Gasteiger partial charge in [-0.25, -0.2) is 4.98 Å². The second-order valence-corrected chi connectivity index (χ2v) is 22.8. The van der Waals surface area contributed by atoms with Gasteiger partial charge in [-0.15, -0.1) is 0 Å². The van der Waals surface area contributed by atoms with Crippen LogP contribution < -0.4 is 14.5 Å². The smallest absolute Gasteiger partial charge is 0.137 e. The van der Waals surface area contributed by atoms with E-state index in [-0.39, 0.29) is 27.1 Å². The molecule has 0 spiro atoms. The quantitative estimate of drug-likeness (QED) is 0.145. The fourth-order valence-electron chi connectivity index (χ4n) is 9.46. The number of fused-ring (bicyclic) bond motifs is 3. The molecule has 0 saturated carbocycles. The van der Waals surface area contributed by atoms with Crippen molar-refractivity contribution >= 4 is 33.2 Å². The van der Waals surface area contributed by atoms with Crippen LogP contribution in [0.3, 0.4) is 0 Å². The van der Waals surface area contributed by atoms with Gasteiger partial charge < -0.3 is 14.5 Å². The van der Waals surface area contributed by atoms with Gasteiger partial charge in [0.25, 0.3) is 0 Å². The average Bonchev–Trinajstić information content (AvgIpc) is 3.92. The van der Waals surface area contributed by atoms with Crippen LogP contribution in [0.25, 0.3) is 27.6 Å². The van der Waals surface area contributed by atoms with E-state index in [1.807, 2.05) is 6.20 Å².